The Hall–Kier alpha value is -1.77. The summed E-state index contributed by atoms with van der Waals surface area (Å²) in [5.74, 6) is -0.949. The van der Waals surface area contributed by atoms with E-state index >= 15 is 0 Å². The minimum atomic E-state index is -1.56. The van der Waals surface area contributed by atoms with Crippen LogP contribution >= 0.6 is 0 Å². The molecule has 1 heterocycles. The summed E-state index contributed by atoms with van der Waals surface area (Å²) < 4.78 is 34.1. The molecule has 2 fully saturated rings. The number of piperidine rings is 1. The number of aliphatic hydroxyl groups is 1. The number of hydrogen-bond donors (Lipinski definition) is 3. The molecular weight excluding hydrogens is 464 g/mol. The molecule has 36 heavy (non-hydrogen) atoms. The lowest BCUT2D eigenvalue weighted by Crippen LogP contribution is -2.54. The van der Waals surface area contributed by atoms with Crippen LogP contribution in [0.25, 0.3) is 0 Å². The maximum Gasteiger partial charge on any atom is 0.317 e. The second-order valence-electron chi connectivity index (χ2n) is 10.7. The van der Waals surface area contributed by atoms with Gasteiger partial charge in [-0.2, -0.15) is 0 Å². The van der Waals surface area contributed by atoms with Crippen molar-refractivity contribution in [1.29, 1.82) is 0 Å². The fourth-order valence-electron chi connectivity index (χ4n) is 6.11. The van der Waals surface area contributed by atoms with Gasteiger partial charge >= 0.3 is 6.03 Å². The first-order chi connectivity index (χ1) is 17.4. The van der Waals surface area contributed by atoms with Crippen LogP contribution in [0, 0.1) is 23.5 Å². The van der Waals surface area contributed by atoms with E-state index in [0.717, 1.165) is 24.6 Å². The molecule has 3 unspecified atom stereocenters. The van der Waals surface area contributed by atoms with Crippen molar-refractivity contribution >= 4 is 6.03 Å². The average Bonchev–Trinajstić information content (AvgIpc) is 2.88. The van der Waals surface area contributed by atoms with E-state index in [1.54, 1.807) is 12.0 Å². The van der Waals surface area contributed by atoms with Crippen molar-refractivity contribution in [3.8, 4) is 0 Å². The highest BCUT2D eigenvalue weighted by Crippen LogP contribution is 2.41. The van der Waals surface area contributed by atoms with Crippen LogP contribution in [0.1, 0.15) is 76.2 Å². The van der Waals surface area contributed by atoms with Crippen LogP contribution in [-0.2, 0) is 10.3 Å². The summed E-state index contributed by atoms with van der Waals surface area (Å²) in [4.78, 5) is 15.1. The number of hydrogen-bond acceptors (Lipinski definition) is 4. The molecule has 6 nitrogen and oxygen atoms in total. The molecule has 8 heteroatoms. The van der Waals surface area contributed by atoms with E-state index in [4.69, 9.17) is 4.74 Å². The molecule has 0 bridgehead atoms. The second kappa shape index (κ2) is 14.2. The van der Waals surface area contributed by atoms with E-state index in [9.17, 15) is 18.7 Å². The molecule has 1 saturated carbocycles. The minimum Gasteiger partial charge on any atom is -0.385 e. The molecule has 3 atom stereocenters. The summed E-state index contributed by atoms with van der Waals surface area (Å²) in [7, 11) is 3.51. The van der Waals surface area contributed by atoms with Crippen LogP contribution in [0.15, 0.2) is 18.2 Å². The van der Waals surface area contributed by atoms with Crippen LogP contribution in [-0.4, -0.2) is 62.5 Å². The number of ether oxygens (including phenoxy) is 1. The molecule has 1 aromatic rings. The summed E-state index contributed by atoms with van der Waals surface area (Å²) >= 11 is 0. The molecule has 3 N–H and O–H groups in total. The number of amides is 2. The smallest absolute Gasteiger partial charge is 0.317 e. The Morgan fingerprint density at radius 1 is 1.19 bits per heavy atom. The molecule has 1 aliphatic heterocycles. The molecule has 1 aliphatic carbocycles. The lowest BCUT2D eigenvalue weighted by atomic mass is 9.74. The van der Waals surface area contributed by atoms with Gasteiger partial charge in [-0.15, -0.1) is 0 Å². The lowest BCUT2D eigenvalue weighted by molar-refractivity contribution is -0.0590. The number of rotatable bonds is 12. The van der Waals surface area contributed by atoms with Gasteiger partial charge in [-0.1, -0.05) is 32.1 Å². The topological polar surface area (TPSA) is 73.8 Å². The molecule has 0 aromatic heterocycles. The van der Waals surface area contributed by atoms with Gasteiger partial charge < -0.3 is 25.4 Å². The van der Waals surface area contributed by atoms with Crippen LogP contribution in [0.2, 0.25) is 0 Å². The monoisotopic (exact) mass is 509 g/mol. The van der Waals surface area contributed by atoms with Gasteiger partial charge in [-0.25, -0.2) is 13.6 Å². The van der Waals surface area contributed by atoms with Crippen molar-refractivity contribution in [1.82, 2.24) is 15.5 Å². The number of likely N-dealkylation sites (tertiary alicyclic amines) is 1. The Kier molecular flexibility index (Phi) is 11.4. The van der Waals surface area contributed by atoms with Gasteiger partial charge in [0, 0.05) is 50.9 Å². The van der Waals surface area contributed by atoms with Crippen LogP contribution in [0.5, 0.6) is 0 Å². The van der Waals surface area contributed by atoms with Crippen molar-refractivity contribution < 1.29 is 23.4 Å². The van der Waals surface area contributed by atoms with E-state index in [2.05, 4.69) is 10.6 Å². The highest BCUT2D eigenvalue weighted by Gasteiger charge is 2.43. The molecule has 1 saturated heterocycles. The first-order valence-electron chi connectivity index (χ1n) is 13.7. The number of unbranched alkanes of at least 4 members (excludes halogenated alkanes) is 1. The fraction of sp³-hybridized carbons (Fsp3) is 0.750. The van der Waals surface area contributed by atoms with E-state index in [1.807, 2.05) is 7.05 Å². The van der Waals surface area contributed by atoms with E-state index in [-0.39, 0.29) is 24.1 Å². The zero-order chi connectivity index (χ0) is 26.0. The van der Waals surface area contributed by atoms with Gasteiger partial charge in [0.25, 0.3) is 0 Å². The highest BCUT2D eigenvalue weighted by atomic mass is 19.1. The fourth-order valence-corrected chi connectivity index (χ4v) is 6.11. The van der Waals surface area contributed by atoms with Gasteiger partial charge in [0.1, 0.15) is 11.6 Å². The van der Waals surface area contributed by atoms with Gasteiger partial charge in [-0.3, -0.25) is 0 Å². The number of nitrogens with one attached hydrogen (secondary N) is 2. The Bertz CT molecular complexity index is 821. The molecule has 1 aromatic carbocycles. The Morgan fingerprint density at radius 2 is 1.97 bits per heavy atom. The third-order valence-electron chi connectivity index (χ3n) is 8.06. The molecular formula is C28H45F2N3O3. The zero-order valence-corrected chi connectivity index (χ0v) is 22.0. The summed E-state index contributed by atoms with van der Waals surface area (Å²) in [6.45, 7) is 2.13. The number of carbonyl (C=O) groups excluding carboxylic acids is 1. The maximum absolute atomic E-state index is 14.9. The minimum absolute atomic E-state index is 0.0162. The molecule has 3 rings (SSSR count). The van der Waals surface area contributed by atoms with E-state index in [0.29, 0.717) is 57.8 Å². The number of likely N-dealkylation sites (N-methyl/N-ethyl adjacent to an activating group) is 1. The van der Waals surface area contributed by atoms with Crippen LogP contribution < -0.4 is 10.6 Å². The van der Waals surface area contributed by atoms with Crippen molar-refractivity contribution in [2.45, 2.75) is 82.3 Å². The summed E-state index contributed by atoms with van der Waals surface area (Å²) in [6, 6.07) is 3.15. The van der Waals surface area contributed by atoms with Gasteiger partial charge in [0.15, 0.2) is 0 Å². The standard InChI is InChI=1S/C28H45F2N3O3/c1-31-19-24(17-21-9-4-3-5-10-21)32-27(34)33-15-8-11-22(20-33)28(35,14-6-7-16-36-2)25-18-23(29)12-13-26(25)30/h12-13,18,21-22,24,31,35H,3-11,14-17,19-20H2,1-2H3,(H,32,34). The van der Waals surface area contributed by atoms with Gasteiger partial charge in [0.2, 0.25) is 0 Å². The van der Waals surface area contributed by atoms with Crippen LogP contribution in [0.3, 0.4) is 0 Å². The predicted molar refractivity (Wildman–Crippen MR) is 138 cm³/mol. The Labute approximate surface area is 215 Å². The van der Waals surface area contributed by atoms with Gasteiger partial charge in [-0.05, 0) is 69.7 Å². The van der Waals surface area contributed by atoms with Crippen LogP contribution in [0.4, 0.5) is 13.6 Å². The van der Waals surface area contributed by atoms with Gasteiger partial charge in [0.05, 0.1) is 5.60 Å². The normalized spacial score (nSPS) is 21.7. The Morgan fingerprint density at radius 3 is 2.69 bits per heavy atom. The SMILES string of the molecule is CNCC(CC1CCCCC1)NC(=O)N1CCCC(C(O)(CCCCOC)c2cc(F)ccc2F)C1. The number of methoxy groups -OCH3 is 1. The number of carbonyl (C=O) groups is 1. The predicted octanol–water partition coefficient (Wildman–Crippen LogP) is 4.95. The zero-order valence-electron chi connectivity index (χ0n) is 22.0. The highest BCUT2D eigenvalue weighted by molar-refractivity contribution is 5.74. The quantitative estimate of drug-likeness (QED) is 0.349. The van der Waals surface area contributed by atoms with Crippen molar-refractivity contribution in [3.63, 3.8) is 0 Å². The lowest BCUT2D eigenvalue weighted by Gasteiger charge is -2.43. The first-order valence-corrected chi connectivity index (χ1v) is 13.7. The van der Waals surface area contributed by atoms with Crippen molar-refractivity contribution in [3.05, 3.63) is 35.4 Å². The summed E-state index contributed by atoms with van der Waals surface area (Å²) in [5, 5.41) is 18.3. The second-order valence-corrected chi connectivity index (χ2v) is 10.7. The molecule has 2 amide bonds. The number of halogens is 2. The maximum atomic E-state index is 14.9. The first kappa shape index (κ1) is 28.8. The molecule has 0 spiro atoms. The van der Waals surface area contributed by atoms with Crippen molar-refractivity contribution in [2.75, 3.05) is 40.4 Å². The summed E-state index contributed by atoms with van der Waals surface area (Å²) in [6.07, 6.45) is 10.2. The number of urea groups is 1. The van der Waals surface area contributed by atoms with E-state index < -0.39 is 23.2 Å². The third kappa shape index (κ3) is 7.86. The molecule has 0 radical (unpaired) electrons. The molecule has 2 aliphatic rings. The number of benzene rings is 1. The number of nitrogens with zero attached hydrogens (tertiary/aromatic N) is 1. The van der Waals surface area contributed by atoms with Crippen molar-refractivity contribution in [2.24, 2.45) is 11.8 Å². The largest absolute Gasteiger partial charge is 0.385 e. The average molecular weight is 510 g/mol. The van der Waals surface area contributed by atoms with E-state index in [1.165, 1.54) is 32.1 Å². The third-order valence-corrected chi connectivity index (χ3v) is 8.06. The Balaban J connectivity index is 1.72. The molecule has 204 valence electrons. The summed E-state index contributed by atoms with van der Waals surface area (Å²) in [5.41, 5.74) is -1.58.